The van der Waals surface area contributed by atoms with Gasteiger partial charge in [0.1, 0.15) is 6.54 Å². The molecule has 2 rings (SSSR count). The molecule has 0 aliphatic carbocycles. The van der Waals surface area contributed by atoms with E-state index in [-0.39, 0.29) is 23.8 Å². The molecule has 6 heteroatoms. The Kier molecular flexibility index (Phi) is 7.15. The zero-order valence-corrected chi connectivity index (χ0v) is 17.6. The van der Waals surface area contributed by atoms with Crippen molar-refractivity contribution in [3.63, 3.8) is 0 Å². The van der Waals surface area contributed by atoms with E-state index in [1.165, 1.54) is 11.8 Å². The molecule has 0 aliphatic rings. The van der Waals surface area contributed by atoms with Gasteiger partial charge in [0.2, 0.25) is 0 Å². The summed E-state index contributed by atoms with van der Waals surface area (Å²) < 4.78 is 5.16. The highest BCUT2D eigenvalue weighted by atomic mass is 16.5. The first-order valence-electron chi connectivity index (χ1n) is 9.50. The minimum Gasteiger partial charge on any atom is -0.451 e. The van der Waals surface area contributed by atoms with Gasteiger partial charge < -0.3 is 15.0 Å². The van der Waals surface area contributed by atoms with Gasteiger partial charge in [0, 0.05) is 18.3 Å². The molecule has 0 radical (unpaired) electrons. The summed E-state index contributed by atoms with van der Waals surface area (Å²) in [4.78, 5) is 38.1. The summed E-state index contributed by atoms with van der Waals surface area (Å²) in [5, 5.41) is 2.52. The first-order valence-corrected chi connectivity index (χ1v) is 9.50. The molecular weight excluding hydrogens is 368 g/mol. The number of esters is 1. The quantitative estimate of drug-likeness (QED) is 0.760. The van der Waals surface area contributed by atoms with Crippen molar-refractivity contribution in [2.24, 2.45) is 0 Å². The molecule has 2 aromatic rings. The molecule has 2 aromatic carbocycles. The molecule has 0 aliphatic heterocycles. The summed E-state index contributed by atoms with van der Waals surface area (Å²) in [6, 6.07) is 16.3. The number of ether oxygens (including phenoxy) is 1. The van der Waals surface area contributed by atoms with Gasteiger partial charge in [-0.15, -0.1) is 0 Å². The Balaban J connectivity index is 1.85. The Labute approximate surface area is 171 Å². The van der Waals surface area contributed by atoms with E-state index in [9.17, 15) is 14.4 Å². The van der Waals surface area contributed by atoms with Gasteiger partial charge in [-0.2, -0.15) is 0 Å². The van der Waals surface area contributed by atoms with Crippen molar-refractivity contribution in [3.8, 4) is 0 Å². The molecule has 1 N–H and O–H groups in total. The van der Waals surface area contributed by atoms with Gasteiger partial charge in [-0.3, -0.25) is 14.4 Å². The van der Waals surface area contributed by atoms with E-state index in [2.05, 4.69) is 26.1 Å². The number of hydrogen-bond donors (Lipinski definition) is 1. The number of benzene rings is 2. The lowest BCUT2D eigenvalue weighted by atomic mass is 9.87. The summed E-state index contributed by atoms with van der Waals surface area (Å²) in [6.45, 7) is 7.47. The van der Waals surface area contributed by atoms with Crippen LogP contribution in [0.15, 0.2) is 54.6 Å². The van der Waals surface area contributed by atoms with Crippen LogP contribution < -0.4 is 10.2 Å². The van der Waals surface area contributed by atoms with Crippen molar-refractivity contribution in [2.75, 3.05) is 18.5 Å². The Bertz CT molecular complexity index is 855. The van der Waals surface area contributed by atoms with E-state index < -0.39 is 12.1 Å². The van der Waals surface area contributed by atoms with Crippen molar-refractivity contribution >= 4 is 23.5 Å². The lowest BCUT2D eigenvalue weighted by molar-refractivity contribution is -0.152. The van der Waals surface area contributed by atoms with Gasteiger partial charge in [-0.05, 0) is 42.2 Å². The van der Waals surface area contributed by atoms with Crippen LogP contribution in [0.25, 0.3) is 0 Å². The fourth-order valence-corrected chi connectivity index (χ4v) is 2.72. The fourth-order valence-electron chi connectivity index (χ4n) is 2.72. The number of amides is 2. The largest absolute Gasteiger partial charge is 0.451 e. The third kappa shape index (κ3) is 6.17. The van der Waals surface area contributed by atoms with E-state index in [0.717, 1.165) is 5.56 Å². The molecule has 29 heavy (non-hydrogen) atoms. The van der Waals surface area contributed by atoms with Crippen LogP contribution in [0.3, 0.4) is 0 Å². The number of anilines is 1. The Morgan fingerprint density at radius 3 is 2.14 bits per heavy atom. The highest BCUT2D eigenvalue weighted by Gasteiger charge is 2.22. The fraction of sp³-hybridized carbons (Fsp3) is 0.348. The molecule has 0 fully saturated rings. The Morgan fingerprint density at radius 1 is 1.00 bits per heavy atom. The first-order chi connectivity index (χ1) is 13.6. The second-order valence-electron chi connectivity index (χ2n) is 7.87. The van der Waals surface area contributed by atoms with Crippen LogP contribution in [0, 0.1) is 0 Å². The number of nitrogens with zero attached hydrogens (tertiary/aromatic N) is 1. The number of carbonyl (C=O) groups is 3. The van der Waals surface area contributed by atoms with Gasteiger partial charge in [-0.1, -0.05) is 51.1 Å². The summed E-state index contributed by atoms with van der Waals surface area (Å²) in [5.74, 6) is -1.40. The maximum absolute atomic E-state index is 12.4. The average molecular weight is 396 g/mol. The summed E-state index contributed by atoms with van der Waals surface area (Å²) >= 11 is 0. The van der Waals surface area contributed by atoms with Gasteiger partial charge >= 0.3 is 5.97 Å². The smallest absolute Gasteiger partial charge is 0.326 e. The number of likely N-dealkylation sites (N-methyl/N-ethyl adjacent to an activating group) is 1. The van der Waals surface area contributed by atoms with Crippen LogP contribution in [0.5, 0.6) is 0 Å². The molecule has 1 unspecified atom stereocenters. The van der Waals surface area contributed by atoms with Crippen LogP contribution in [0.1, 0.15) is 43.6 Å². The van der Waals surface area contributed by atoms with Crippen LogP contribution in [-0.4, -0.2) is 37.5 Å². The van der Waals surface area contributed by atoms with E-state index in [1.807, 2.05) is 30.3 Å². The molecule has 1 atom stereocenters. The predicted octanol–water partition coefficient (Wildman–Crippen LogP) is 3.31. The van der Waals surface area contributed by atoms with Crippen LogP contribution in [0.2, 0.25) is 0 Å². The predicted molar refractivity (Wildman–Crippen MR) is 113 cm³/mol. The van der Waals surface area contributed by atoms with E-state index in [4.69, 9.17) is 4.74 Å². The van der Waals surface area contributed by atoms with Gasteiger partial charge in [0.15, 0.2) is 6.10 Å². The molecule has 6 nitrogen and oxygen atoms in total. The highest BCUT2D eigenvalue weighted by Crippen LogP contribution is 2.22. The Hall–Kier alpha value is -3.15. The molecule has 0 aromatic heterocycles. The summed E-state index contributed by atoms with van der Waals surface area (Å²) in [7, 11) is 1.62. The van der Waals surface area contributed by atoms with Gasteiger partial charge in [0.05, 0.1) is 0 Å². The van der Waals surface area contributed by atoms with E-state index >= 15 is 0 Å². The average Bonchev–Trinajstić information content (AvgIpc) is 2.71. The maximum atomic E-state index is 12.4. The standard InChI is InChI=1S/C23H28N2O4/c1-16(22(28)25(5)19-9-7-6-8-10-19)29-20(26)15-24-21(27)17-11-13-18(14-12-17)23(2,3)4/h6-14,16H,15H2,1-5H3,(H,24,27). The van der Waals surface area contributed by atoms with Crippen LogP contribution in [-0.2, 0) is 19.7 Å². The topological polar surface area (TPSA) is 75.7 Å². The summed E-state index contributed by atoms with van der Waals surface area (Å²) in [5.41, 5.74) is 2.27. The van der Waals surface area contributed by atoms with Crippen molar-refractivity contribution in [3.05, 3.63) is 65.7 Å². The second-order valence-corrected chi connectivity index (χ2v) is 7.87. The molecule has 0 saturated heterocycles. The van der Waals surface area contributed by atoms with E-state index in [1.54, 1.807) is 31.3 Å². The van der Waals surface area contributed by atoms with Crippen LogP contribution in [0.4, 0.5) is 5.69 Å². The summed E-state index contributed by atoms with van der Waals surface area (Å²) in [6.07, 6.45) is -0.962. The van der Waals surface area contributed by atoms with Gasteiger partial charge in [0.25, 0.3) is 11.8 Å². The third-order valence-corrected chi connectivity index (χ3v) is 4.54. The molecular formula is C23H28N2O4. The number of nitrogens with one attached hydrogen (secondary N) is 1. The first kappa shape index (κ1) is 22.1. The third-order valence-electron chi connectivity index (χ3n) is 4.54. The maximum Gasteiger partial charge on any atom is 0.326 e. The molecule has 0 heterocycles. The van der Waals surface area contributed by atoms with Crippen molar-refractivity contribution in [1.82, 2.24) is 5.32 Å². The Morgan fingerprint density at radius 2 is 1.59 bits per heavy atom. The SMILES string of the molecule is CC(OC(=O)CNC(=O)c1ccc(C(C)(C)C)cc1)C(=O)N(C)c1ccccc1. The van der Waals surface area contributed by atoms with Crippen molar-refractivity contribution in [2.45, 2.75) is 39.2 Å². The molecule has 2 amide bonds. The molecule has 0 saturated carbocycles. The zero-order valence-electron chi connectivity index (χ0n) is 17.6. The molecule has 0 spiro atoms. The normalized spacial score (nSPS) is 12.0. The lowest BCUT2D eigenvalue weighted by Gasteiger charge is -2.21. The zero-order chi connectivity index (χ0) is 21.6. The monoisotopic (exact) mass is 396 g/mol. The van der Waals surface area contributed by atoms with E-state index in [0.29, 0.717) is 11.3 Å². The number of rotatable bonds is 6. The van der Waals surface area contributed by atoms with Crippen molar-refractivity contribution in [1.29, 1.82) is 0 Å². The second kappa shape index (κ2) is 9.37. The molecule has 154 valence electrons. The number of para-hydroxylation sites is 1. The van der Waals surface area contributed by atoms with Crippen molar-refractivity contribution < 1.29 is 19.1 Å². The molecule has 0 bridgehead atoms. The minimum atomic E-state index is -0.962. The minimum absolute atomic E-state index is 0.00556. The highest BCUT2D eigenvalue weighted by molar-refractivity contribution is 5.98. The van der Waals surface area contributed by atoms with Crippen LogP contribution >= 0.6 is 0 Å². The number of hydrogen-bond acceptors (Lipinski definition) is 4. The number of carbonyl (C=O) groups excluding carboxylic acids is 3. The van der Waals surface area contributed by atoms with Gasteiger partial charge in [-0.25, -0.2) is 0 Å². The lowest BCUT2D eigenvalue weighted by Crippen LogP contribution is -2.39.